The third-order valence-electron chi connectivity index (χ3n) is 3.34. The first-order valence-electron chi connectivity index (χ1n) is 5.82. The van der Waals surface area contributed by atoms with Gasteiger partial charge in [0.1, 0.15) is 5.82 Å². The number of rotatable bonds is 4. The van der Waals surface area contributed by atoms with E-state index in [-0.39, 0.29) is 9.37 Å². The summed E-state index contributed by atoms with van der Waals surface area (Å²) < 4.78 is 39.4. The second-order valence-electron chi connectivity index (χ2n) is 4.66. The van der Waals surface area contributed by atoms with Crippen molar-refractivity contribution >= 4 is 26.0 Å². The van der Waals surface area contributed by atoms with Crippen molar-refractivity contribution in [3.63, 3.8) is 0 Å². The van der Waals surface area contributed by atoms with E-state index in [1.54, 1.807) is 7.05 Å². The Labute approximate surface area is 115 Å². The molecule has 100 valence electrons. The topological polar surface area (TPSA) is 37.4 Å². The molecule has 0 aliphatic heterocycles. The van der Waals surface area contributed by atoms with Crippen molar-refractivity contribution in [3.8, 4) is 0 Å². The number of sulfonamides is 1. The normalized spacial score (nSPS) is 16.9. The largest absolute Gasteiger partial charge is 0.242 e. The SMILES string of the molecule is CN(CC1CCC1)S(=O)(=O)c1ccc(Br)c(F)c1. The lowest BCUT2D eigenvalue weighted by atomic mass is 9.86. The monoisotopic (exact) mass is 335 g/mol. The van der Waals surface area contributed by atoms with Gasteiger partial charge in [-0.15, -0.1) is 0 Å². The van der Waals surface area contributed by atoms with Gasteiger partial charge in [-0.1, -0.05) is 6.42 Å². The van der Waals surface area contributed by atoms with Gasteiger partial charge in [-0.05, 0) is 52.9 Å². The molecule has 0 spiro atoms. The minimum absolute atomic E-state index is 0.00465. The van der Waals surface area contributed by atoms with Crippen molar-refractivity contribution in [2.45, 2.75) is 24.2 Å². The predicted octanol–water partition coefficient (Wildman–Crippen LogP) is 3.01. The van der Waals surface area contributed by atoms with Crippen molar-refractivity contribution in [1.82, 2.24) is 4.31 Å². The van der Waals surface area contributed by atoms with E-state index in [9.17, 15) is 12.8 Å². The zero-order valence-electron chi connectivity index (χ0n) is 10.1. The van der Waals surface area contributed by atoms with Gasteiger partial charge in [-0.25, -0.2) is 17.1 Å². The van der Waals surface area contributed by atoms with Gasteiger partial charge in [0.25, 0.3) is 0 Å². The molecular formula is C12H15BrFNO2S. The molecule has 1 aromatic rings. The average molecular weight is 336 g/mol. The molecule has 1 fully saturated rings. The molecule has 0 aromatic heterocycles. The standard InChI is InChI=1S/C12H15BrFNO2S/c1-15(8-9-3-2-4-9)18(16,17)10-5-6-11(13)12(14)7-10/h5-7,9H,2-4,8H2,1H3. The molecule has 0 amide bonds. The Morgan fingerprint density at radius 3 is 2.61 bits per heavy atom. The first-order valence-corrected chi connectivity index (χ1v) is 8.06. The van der Waals surface area contributed by atoms with Crippen LogP contribution in [0.3, 0.4) is 0 Å². The fourth-order valence-corrected chi connectivity index (χ4v) is 3.46. The lowest BCUT2D eigenvalue weighted by Crippen LogP contribution is -2.34. The summed E-state index contributed by atoms with van der Waals surface area (Å²) in [5.41, 5.74) is 0. The van der Waals surface area contributed by atoms with Crippen LogP contribution >= 0.6 is 15.9 Å². The van der Waals surface area contributed by atoms with Gasteiger partial charge in [-0.3, -0.25) is 0 Å². The molecule has 1 aliphatic rings. The van der Waals surface area contributed by atoms with Gasteiger partial charge in [0.05, 0.1) is 9.37 Å². The van der Waals surface area contributed by atoms with Crippen LogP contribution in [0.1, 0.15) is 19.3 Å². The smallest absolute Gasteiger partial charge is 0.207 e. The van der Waals surface area contributed by atoms with Crippen molar-refractivity contribution in [1.29, 1.82) is 0 Å². The van der Waals surface area contributed by atoms with Gasteiger partial charge < -0.3 is 0 Å². The summed E-state index contributed by atoms with van der Waals surface area (Å²) in [4.78, 5) is 0.00465. The van der Waals surface area contributed by atoms with Gasteiger partial charge in [0, 0.05) is 13.6 Å². The summed E-state index contributed by atoms with van der Waals surface area (Å²) in [6.45, 7) is 0.514. The lowest BCUT2D eigenvalue weighted by molar-refractivity contribution is 0.263. The van der Waals surface area contributed by atoms with Crippen LogP contribution in [0.4, 0.5) is 4.39 Å². The molecule has 0 N–H and O–H groups in total. The Morgan fingerprint density at radius 2 is 2.11 bits per heavy atom. The molecule has 1 aliphatic carbocycles. The fourth-order valence-electron chi connectivity index (χ4n) is 1.95. The van der Waals surface area contributed by atoms with Crippen molar-refractivity contribution < 1.29 is 12.8 Å². The summed E-state index contributed by atoms with van der Waals surface area (Å²) in [6, 6.07) is 3.88. The third-order valence-corrected chi connectivity index (χ3v) is 5.80. The van der Waals surface area contributed by atoms with Crippen LogP contribution in [0.5, 0.6) is 0 Å². The first-order chi connectivity index (χ1) is 8.41. The highest BCUT2D eigenvalue weighted by atomic mass is 79.9. The van der Waals surface area contributed by atoms with Gasteiger partial charge in [0.15, 0.2) is 0 Å². The molecule has 18 heavy (non-hydrogen) atoms. The highest BCUT2D eigenvalue weighted by molar-refractivity contribution is 9.10. The maximum atomic E-state index is 13.4. The minimum atomic E-state index is -3.58. The Hall–Kier alpha value is -0.460. The van der Waals surface area contributed by atoms with Gasteiger partial charge in [0.2, 0.25) is 10.0 Å². The van der Waals surface area contributed by atoms with E-state index in [1.807, 2.05) is 0 Å². The van der Waals surface area contributed by atoms with Gasteiger partial charge >= 0.3 is 0 Å². The number of hydrogen-bond acceptors (Lipinski definition) is 2. The van der Waals surface area contributed by atoms with Crippen molar-refractivity contribution in [3.05, 3.63) is 28.5 Å². The highest BCUT2D eigenvalue weighted by Gasteiger charge is 2.27. The van der Waals surface area contributed by atoms with E-state index in [4.69, 9.17) is 0 Å². The Bertz CT molecular complexity index is 543. The molecule has 0 heterocycles. The maximum absolute atomic E-state index is 13.4. The van der Waals surface area contributed by atoms with Gasteiger partial charge in [-0.2, -0.15) is 0 Å². The molecule has 0 atom stereocenters. The van der Waals surface area contributed by atoms with Crippen LogP contribution in [0.25, 0.3) is 0 Å². The maximum Gasteiger partial charge on any atom is 0.242 e. The zero-order chi connectivity index (χ0) is 13.3. The van der Waals surface area contributed by atoms with E-state index in [1.165, 1.54) is 22.9 Å². The summed E-state index contributed by atoms with van der Waals surface area (Å²) in [5, 5.41) is 0. The van der Waals surface area contributed by atoms with Crippen LogP contribution < -0.4 is 0 Å². The molecule has 2 rings (SSSR count). The van der Waals surface area contributed by atoms with Crippen molar-refractivity contribution in [2.24, 2.45) is 5.92 Å². The first kappa shape index (κ1) is 14.0. The molecule has 1 saturated carbocycles. The second-order valence-corrected chi connectivity index (χ2v) is 7.56. The Kier molecular flexibility index (Phi) is 4.08. The predicted molar refractivity (Wildman–Crippen MR) is 71.3 cm³/mol. The summed E-state index contributed by atoms with van der Waals surface area (Å²) in [7, 11) is -2.03. The Morgan fingerprint density at radius 1 is 1.44 bits per heavy atom. The zero-order valence-corrected chi connectivity index (χ0v) is 12.5. The van der Waals surface area contributed by atoms with Crippen LogP contribution in [-0.4, -0.2) is 26.3 Å². The van der Waals surface area contributed by atoms with Crippen LogP contribution in [0.2, 0.25) is 0 Å². The number of halogens is 2. The summed E-state index contributed by atoms with van der Waals surface area (Å²) >= 11 is 3.01. The summed E-state index contributed by atoms with van der Waals surface area (Å²) in [6.07, 6.45) is 3.33. The van der Waals surface area contributed by atoms with Crippen LogP contribution in [-0.2, 0) is 10.0 Å². The molecular weight excluding hydrogens is 321 g/mol. The summed E-state index contributed by atoms with van der Waals surface area (Å²) in [5.74, 6) is -0.113. The quantitative estimate of drug-likeness (QED) is 0.848. The highest BCUT2D eigenvalue weighted by Crippen LogP contribution is 2.29. The minimum Gasteiger partial charge on any atom is -0.207 e. The van der Waals surface area contributed by atoms with Crippen LogP contribution in [0, 0.1) is 11.7 Å². The second kappa shape index (κ2) is 5.27. The number of hydrogen-bond donors (Lipinski definition) is 0. The molecule has 1 aromatic carbocycles. The van der Waals surface area contributed by atoms with E-state index >= 15 is 0 Å². The van der Waals surface area contributed by atoms with E-state index < -0.39 is 15.8 Å². The Balaban J connectivity index is 2.20. The molecule has 0 unspecified atom stereocenters. The third kappa shape index (κ3) is 2.75. The number of nitrogens with zero attached hydrogens (tertiary/aromatic N) is 1. The van der Waals surface area contributed by atoms with Crippen LogP contribution in [0.15, 0.2) is 27.6 Å². The fraction of sp³-hybridized carbons (Fsp3) is 0.500. The van der Waals surface area contributed by atoms with E-state index in [2.05, 4.69) is 15.9 Å². The molecule has 0 bridgehead atoms. The lowest BCUT2D eigenvalue weighted by Gasteiger charge is -2.29. The number of benzene rings is 1. The molecule has 3 nitrogen and oxygen atoms in total. The average Bonchev–Trinajstić information content (AvgIpc) is 2.26. The molecule has 0 saturated heterocycles. The van der Waals surface area contributed by atoms with E-state index in [0.29, 0.717) is 12.5 Å². The van der Waals surface area contributed by atoms with E-state index in [0.717, 1.165) is 18.9 Å². The molecule has 6 heteroatoms. The van der Waals surface area contributed by atoms with Crippen molar-refractivity contribution in [2.75, 3.05) is 13.6 Å². The molecule has 0 radical (unpaired) electrons.